The quantitative estimate of drug-likeness (QED) is 0.768. The number of halogens is 1. The van der Waals surface area contributed by atoms with Crippen LogP contribution in [0.3, 0.4) is 0 Å². The van der Waals surface area contributed by atoms with Gasteiger partial charge in [0.05, 0.1) is 12.7 Å². The largest absolute Gasteiger partial charge is 0.376 e. The van der Waals surface area contributed by atoms with Crippen LogP contribution in [0, 0.1) is 5.82 Å². The Balaban J connectivity index is 1.82. The Kier molecular flexibility index (Phi) is 4.44. The Hall–Kier alpha value is -1.26. The number of hydrogen-bond acceptors (Lipinski definition) is 3. The summed E-state index contributed by atoms with van der Waals surface area (Å²) >= 11 is 0. The minimum Gasteiger partial charge on any atom is -0.376 e. The average molecular weight is 251 g/mol. The summed E-state index contributed by atoms with van der Waals surface area (Å²) in [6.45, 7) is 5.25. The minimum absolute atomic E-state index is 0.0640. The summed E-state index contributed by atoms with van der Waals surface area (Å²) in [5.41, 5.74) is 0.581. The highest BCUT2D eigenvalue weighted by Crippen LogP contribution is 2.09. The molecule has 1 unspecified atom stereocenters. The average Bonchev–Trinajstić information content (AvgIpc) is 2.37. The maximum Gasteiger partial charge on any atom is 0.164 e. The molecule has 18 heavy (non-hydrogen) atoms. The first-order valence-corrected chi connectivity index (χ1v) is 6.28. The van der Waals surface area contributed by atoms with Crippen LogP contribution >= 0.6 is 0 Å². The molecule has 1 aromatic carbocycles. The molecule has 0 aliphatic carbocycles. The van der Waals surface area contributed by atoms with E-state index in [9.17, 15) is 9.18 Å². The molecule has 1 fully saturated rings. The summed E-state index contributed by atoms with van der Waals surface area (Å²) in [5.74, 6) is -0.248. The topological polar surface area (TPSA) is 29.5 Å². The number of carbonyl (C=O) groups excluding carboxylic acids is 1. The molecular formula is C14H18FNO2. The van der Waals surface area contributed by atoms with Crippen molar-refractivity contribution in [3.8, 4) is 0 Å². The molecule has 1 aliphatic rings. The van der Waals surface area contributed by atoms with Crippen molar-refractivity contribution in [2.24, 2.45) is 0 Å². The monoisotopic (exact) mass is 251 g/mol. The van der Waals surface area contributed by atoms with E-state index in [1.54, 1.807) is 12.1 Å². The third-order valence-corrected chi connectivity index (χ3v) is 3.15. The molecule has 1 saturated heterocycles. The van der Waals surface area contributed by atoms with Crippen molar-refractivity contribution in [1.29, 1.82) is 0 Å². The summed E-state index contributed by atoms with van der Waals surface area (Å²) < 4.78 is 18.2. The third kappa shape index (κ3) is 3.62. The van der Waals surface area contributed by atoms with Gasteiger partial charge in [-0.2, -0.15) is 0 Å². The molecule has 0 radical (unpaired) electrons. The summed E-state index contributed by atoms with van der Waals surface area (Å²) in [7, 11) is 0. The van der Waals surface area contributed by atoms with Gasteiger partial charge in [-0.1, -0.05) is 0 Å². The SMILES string of the molecule is CC1CN(CCC(=O)c2ccc(F)cc2)CCO1. The fraction of sp³-hybridized carbons (Fsp3) is 0.500. The van der Waals surface area contributed by atoms with Crippen LogP contribution in [-0.2, 0) is 4.74 Å². The van der Waals surface area contributed by atoms with Crippen molar-refractivity contribution in [2.45, 2.75) is 19.4 Å². The Morgan fingerprint density at radius 1 is 1.44 bits per heavy atom. The Bertz CT molecular complexity index is 405. The zero-order valence-electron chi connectivity index (χ0n) is 10.6. The lowest BCUT2D eigenvalue weighted by Crippen LogP contribution is -2.41. The van der Waals surface area contributed by atoms with Crippen molar-refractivity contribution in [2.75, 3.05) is 26.2 Å². The second-order valence-electron chi connectivity index (χ2n) is 4.66. The Morgan fingerprint density at radius 3 is 2.83 bits per heavy atom. The normalized spacial score (nSPS) is 20.9. The number of rotatable bonds is 4. The van der Waals surface area contributed by atoms with Gasteiger partial charge in [0.15, 0.2) is 5.78 Å². The highest BCUT2D eigenvalue weighted by molar-refractivity contribution is 5.96. The third-order valence-electron chi connectivity index (χ3n) is 3.15. The van der Waals surface area contributed by atoms with Gasteiger partial charge in [-0.05, 0) is 31.2 Å². The maximum absolute atomic E-state index is 12.7. The molecule has 0 amide bonds. The maximum atomic E-state index is 12.7. The molecule has 3 nitrogen and oxygen atoms in total. The van der Waals surface area contributed by atoms with E-state index in [2.05, 4.69) is 4.90 Å². The van der Waals surface area contributed by atoms with Crippen LogP contribution in [0.2, 0.25) is 0 Å². The molecule has 4 heteroatoms. The summed E-state index contributed by atoms with van der Waals surface area (Å²) in [6, 6.07) is 5.73. The molecular weight excluding hydrogens is 233 g/mol. The molecule has 98 valence electrons. The van der Waals surface area contributed by atoms with Gasteiger partial charge < -0.3 is 4.74 Å². The standard InChI is InChI=1S/C14H18FNO2/c1-11-10-16(8-9-18-11)7-6-14(17)12-2-4-13(15)5-3-12/h2-5,11H,6-10H2,1H3. The number of Topliss-reactive ketones (excluding diaryl/α,β-unsaturated/α-hetero) is 1. The van der Waals surface area contributed by atoms with E-state index in [0.29, 0.717) is 12.0 Å². The fourth-order valence-corrected chi connectivity index (χ4v) is 2.13. The minimum atomic E-state index is -0.312. The smallest absolute Gasteiger partial charge is 0.164 e. The van der Waals surface area contributed by atoms with Crippen LogP contribution in [-0.4, -0.2) is 43.0 Å². The van der Waals surface area contributed by atoms with Crippen LogP contribution < -0.4 is 0 Å². The molecule has 0 bridgehead atoms. The van der Waals surface area contributed by atoms with Gasteiger partial charge in [0.1, 0.15) is 5.82 Å². The predicted molar refractivity (Wildman–Crippen MR) is 67.2 cm³/mol. The number of carbonyl (C=O) groups is 1. The molecule has 0 aromatic heterocycles. The highest BCUT2D eigenvalue weighted by atomic mass is 19.1. The zero-order valence-corrected chi connectivity index (χ0v) is 10.6. The summed E-state index contributed by atoms with van der Waals surface area (Å²) in [4.78, 5) is 14.1. The van der Waals surface area contributed by atoms with Crippen molar-refractivity contribution in [3.63, 3.8) is 0 Å². The highest BCUT2D eigenvalue weighted by Gasteiger charge is 2.17. The van der Waals surface area contributed by atoms with Gasteiger partial charge in [-0.25, -0.2) is 4.39 Å². The molecule has 0 N–H and O–H groups in total. The molecule has 0 spiro atoms. The first-order valence-electron chi connectivity index (χ1n) is 6.28. The van der Waals surface area contributed by atoms with E-state index in [0.717, 1.165) is 26.2 Å². The van der Waals surface area contributed by atoms with E-state index < -0.39 is 0 Å². The van der Waals surface area contributed by atoms with Gasteiger partial charge >= 0.3 is 0 Å². The van der Waals surface area contributed by atoms with Crippen molar-refractivity contribution in [3.05, 3.63) is 35.6 Å². The van der Waals surface area contributed by atoms with Crippen LogP contribution in [0.15, 0.2) is 24.3 Å². The van der Waals surface area contributed by atoms with E-state index in [1.165, 1.54) is 12.1 Å². The van der Waals surface area contributed by atoms with Crippen LogP contribution in [0.25, 0.3) is 0 Å². The van der Waals surface area contributed by atoms with Crippen LogP contribution in [0.1, 0.15) is 23.7 Å². The van der Waals surface area contributed by atoms with Crippen LogP contribution in [0.4, 0.5) is 4.39 Å². The van der Waals surface area contributed by atoms with Gasteiger partial charge in [0.2, 0.25) is 0 Å². The Labute approximate surface area is 107 Å². The fourth-order valence-electron chi connectivity index (χ4n) is 2.13. The molecule has 2 rings (SSSR count). The van der Waals surface area contributed by atoms with Gasteiger partial charge in [0.25, 0.3) is 0 Å². The predicted octanol–water partition coefficient (Wildman–Crippen LogP) is 2.12. The molecule has 1 aromatic rings. The second-order valence-corrected chi connectivity index (χ2v) is 4.66. The van der Waals surface area contributed by atoms with Gasteiger partial charge in [-0.15, -0.1) is 0 Å². The number of ketones is 1. The van der Waals surface area contributed by atoms with Crippen molar-refractivity contribution >= 4 is 5.78 Å². The zero-order chi connectivity index (χ0) is 13.0. The molecule has 0 saturated carbocycles. The molecule has 1 heterocycles. The second kappa shape index (κ2) is 6.07. The number of hydrogen-bond donors (Lipinski definition) is 0. The van der Waals surface area contributed by atoms with E-state index in [1.807, 2.05) is 6.92 Å². The summed E-state index contributed by atoms with van der Waals surface area (Å²) in [6.07, 6.45) is 0.706. The lowest BCUT2D eigenvalue weighted by molar-refractivity contribution is -0.0180. The van der Waals surface area contributed by atoms with Crippen molar-refractivity contribution in [1.82, 2.24) is 4.90 Å². The van der Waals surface area contributed by atoms with Gasteiger partial charge in [-0.3, -0.25) is 9.69 Å². The first kappa shape index (κ1) is 13.2. The first-order chi connectivity index (χ1) is 8.65. The number of ether oxygens (including phenoxy) is 1. The summed E-state index contributed by atoms with van der Waals surface area (Å²) in [5, 5.41) is 0. The van der Waals surface area contributed by atoms with Crippen molar-refractivity contribution < 1.29 is 13.9 Å². The van der Waals surface area contributed by atoms with E-state index in [4.69, 9.17) is 4.74 Å². The molecule has 1 aliphatic heterocycles. The van der Waals surface area contributed by atoms with E-state index >= 15 is 0 Å². The van der Waals surface area contributed by atoms with Crippen LogP contribution in [0.5, 0.6) is 0 Å². The number of benzene rings is 1. The lowest BCUT2D eigenvalue weighted by atomic mass is 10.1. The number of nitrogens with zero attached hydrogens (tertiary/aromatic N) is 1. The molecule has 1 atom stereocenters. The van der Waals surface area contributed by atoms with Gasteiger partial charge in [0, 0.05) is 31.6 Å². The lowest BCUT2D eigenvalue weighted by Gasteiger charge is -2.30. The Morgan fingerprint density at radius 2 is 2.17 bits per heavy atom. The van der Waals surface area contributed by atoms with E-state index in [-0.39, 0.29) is 17.7 Å². The number of morpholine rings is 1.